The van der Waals surface area contributed by atoms with Gasteiger partial charge in [0.2, 0.25) is 0 Å². The van der Waals surface area contributed by atoms with Crippen molar-refractivity contribution in [1.29, 1.82) is 0 Å². The molecule has 0 aromatic heterocycles. The molecule has 6 heteroatoms. The van der Waals surface area contributed by atoms with Gasteiger partial charge in [0.1, 0.15) is 13.2 Å². The summed E-state index contributed by atoms with van der Waals surface area (Å²) in [6.45, 7) is 6.46. The van der Waals surface area contributed by atoms with Crippen LogP contribution in [0.1, 0.15) is 258 Å². The summed E-state index contributed by atoms with van der Waals surface area (Å²) in [5.41, 5.74) is 0. The molecule has 0 aromatic carbocycles. The summed E-state index contributed by atoms with van der Waals surface area (Å²) >= 11 is 0. The van der Waals surface area contributed by atoms with Crippen LogP contribution in [0, 0.1) is 0 Å². The van der Waals surface area contributed by atoms with E-state index in [1.54, 1.807) is 0 Å². The van der Waals surface area contributed by atoms with Gasteiger partial charge in [-0.15, -0.1) is 0 Å². The molecular weight excluding hydrogens is 769 g/mol. The van der Waals surface area contributed by atoms with Crippen LogP contribution in [-0.4, -0.2) is 37.2 Å². The number of esters is 3. The number of carbonyl (C=O) groups excluding carboxylic acids is 3. The number of allylic oxidation sites excluding steroid dienone is 10. The minimum atomic E-state index is -0.767. The Bertz CT molecular complexity index is 1130. The molecule has 0 heterocycles. The minimum absolute atomic E-state index is 0.0724. The Hall–Kier alpha value is -2.89. The van der Waals surface area contributed by atoms with Crippen molar-refractivity contribution in [1.82, 2.24) is 0 Å². The van der Waals surface area contributed by atoms with Gasteiger partial charge in [0.05, 0.1) is 0 Å². The first-order chi connectivity index (χ1) is 30.5. The molecule has 0 bridgehead atoms. The Morgan fingerprint density at radius 2 is 0.629 bits per heavy atom. The van der Waals surface area contributed by atoms with Crippen LogP contribution in [0.5, 0.6) is 0 Å². The second kappa shape index (κ2) is 50.8. The topological polar surface area (TPSA) is 78.9 Å². The van der Waals surface area contributed by atoms with E-state index in [-0.39, 0.29) is 31.1 Å². The van der Waals surface area contributed by atoms with Crippen LogP contribution in [0.25, 0.3) is 0 Å². The molecule has 1 unspecified atom stereocenters. The summed E-state index contributed by atoms with van der Waals surface area (Å²) < 4.78 is 16.7. The molecule has 0 spiro atoms. The molecule has 62 heavy (non-hydrogen) atoms. The Balaban J connectivity index is 4.06. The van der Waals surface area contributed by atoms with Gasteiger partial charge in [0.25, 0.3) is 0 Å². The normalized spacial score (nSPS) is 12.5. The van der Waals surface area contributed by atoms with Crippen LogP contribution in [0.3, 0.4) is 0 Å². The van der Waals surface area contributed by atoms with E-state index < -0.39 is 6.10 Å². The highest BCUT2D eigenvalue weighted by atomic mass is 16.6. The first-order valence-corrected chi connectivity index (χ1v) is 26.3. The molecule has 6 nitrogen and oxygen atoms in total. The van der Waals surface area contributed by atoms with Gasteiger partial charge in [0.15, 0.2) is 6.10 Å². The van der Waals surface area contributed by atoms with Gasteiger partial charge in [-0.1, -0.05) is 236 Å². The van der Waals surface area contributed by atoms with Crippen molar-refractivity contribution in [3.8, 4) is 0 Å². The van der Waals surface area contributed by atoms with Gasteiger partial charge >= 0.3 is 17.9 Å². The number of unbranched alkanes of at least 4 members (excludes halogenated alkanes) is 26. The minimum Gasteiger partial charge on any atom is -0.462 e. The zero-order chi connectivity index (χ0) is 45.1. The number of rotatable bonds is 47. The van der Waals surface area contributed by atoms with Crippen molar-refractivity contribution in [3.63, 3.8) is 0 Å². The zero-order valence-corrected chi connectivity index (χ0v) is 40.9. The molecule has 0 fully saturated rings. The van der Waals surface area contributed by atoms with Crippen LogP contribution in [0.2, 0.25) is 0 Å². The maximum Gasteiger partial charge on any atom is 0.306 e. The first kappa shape index (κ1) is 59.1. The van der Waals surface area contributed by atoms with Gasteiger partial charge in [-0.25, -0.2) is 0 Å². The lowest BCUT2D eigenvalue weighted by molar-refractivity contribution is -0.167. The third kappa shape index (κ3) is 48.1. The number of hydrogen-bond acceptors (Lipinski definition) is 6. The quantitative estimate of drug-likeness (QED) is 0.0262. The summed E-state index contributed by atoms with van der Waals surface area (Å²) in [6, 6.07) is 0. The number of hydrogen-bond donors (Lipinski definition) is 0. The van der Waals surface area contributed by atoms with Crippen molar-refractivity contribution in [2.45, 2.75) is 264 Å². The molecule has 358 valence electrons. The van der Waals surface area contributed by atoms with Gasteiger partial charge in [-0.2, -0.15) is 0 Å². The molecule has 0 aliphatic heterocycles. The van der Waals surface area contributed by atoms with E-state index in [1.165, 1.54) is 128 Å². The lowest BCUT2D eigenvalue weighted by Gasteiger charge is -2.18. The van der Waals surface area contributed by atoms with Crippen molar-refractivity contribution >= 4 is 17.9 Å². The Kier molecular flexibility index (Phi) is 48.4. The third-order valence-electron chi connectivity index (χ3n) is 11.3. The molecule has 1 atom stereocenters. The zero-order valence-electron chi connectivity index (χ0n) is 40.9. The summed E-state index contributed by atoms with van der Waals surface area (Å²) in [7, 11) is 0. The fraction of sp³-hybridized carbons (Fsp3) is 0.768. The Labute approximate surface area is 383 Å². The highest BCUT2D eigenvalue weighted by Crippen LogP contribution is 2.15. The molecular formula is C56H98O6. The summed E-state index contributed by atoms with van der Waals surface area (Å²) in [6.07, 6.45) is 62.4. The molecule has 0 N–H and O–H groups in total. The number of carbonyl (C=O) groups is 3. The average Bonchev–Trinajstić information content (AvgIpc) is 3.27. The van der Waals surface area contributed by atoms with Crippen molar-refractivity contribution in [3.05, 3.63) is 60.8 Å². The molecule has 0 saturated heterocycles. The second-order valence-electron chi connectivity index (χ2n) is 17.4. The highest BCUT2D eigenvalue weighted by molar-refractivity contribution is 5.71. The average molecular weight is 867 g/mol. The first-order valence-electron chi connectivity index (χ1n) is 26.3. The molecule has 0 radical (unpaired) electrons. The monoisotopic (exact) mass is 867 g/mol. The SMILES string of the molecule is CC/C=C\C/C=C\C/C=C\C/C=C\C/C=C\CCCCCCCCCCCCCC(=O)OCC(COC(=O)CCCCCCCC)OC(=O)CCCCCCCCCCCCC. The smallest absolute Gasteiger partial charge is 0.306 e. The summed E-state index contributed by atoms with van der Waals surface area (Å²) in [4.78, 5) is 37.7. The summed E-state index contributed by atoms with van der Waals surface area (Å²) in [5, 5.41) is 0. The lowest BCUT2D eigenvalue weighted by Crippen LogP contribution is -2.30. The van der Waals surface area contributed by atoms with E-state index in [4.69, 9.17) is 14.2 Å². The predicted molar refractivity (Wildman–Crippen MR) is 265 cm³/mol. The fourth-order valence-corrected chi connectivity index (χ4v) is 7.35. The van der Waals surface area contributed by atoms with E-state index >= 15 is 0 Å². The van der Waals surface area contributed by atoms with E-state index in [0.717, 1.165) is 89.9 Å². The third-order valence-corrected chi connectivity index (χ3v) is 11.3. The second-order valence-corrected chi connectivity index (χ2v) is 17.4. The molecule has 0 saturated carbocycles. The molecule has 0 amide bonds. The van der Waals surface area contributed by atoms with Crippen molar-refractivity contribution < 1.29 is 28.6 Å². The summed E-state index contributed by atoms with van der Waals surface area (Å²) in [5.74, 6) is -0.881. The molecule has 0 aliphatic rings. The molecule has 0 aliphatic carbocycles. The van der Waals surface area contributed by atoms with E-state index in [0.29, 0.717) is 19.3 Å². The van der Waals surface area contributed by atoms with Crippen LogP contribution in [0.15, 0.2) is 60.8 Å². The fourth-order valence-electron chi connectivity index (χ4n) is 7.35. The van der Waals surface area contributed by atoms with Crippen LogP contribution >= 0.6 is 0 Å². The predicted octanol–water partition coefficient (Wildman–Crippen LogP) is 17.3. The van der Waals surface area contributed by atoms with Crippen LogP contribution < -0.4 is 0 Å². The van der Waals surface area contributed by atoms with Gasteiger partial charge < -0.3 is 14.2 Å². The molecule has 0 aromatic rings. The van der Waals surface area contributed by atoms with Crippen LogP contribution in [-0.2, 0) is 28.6 Å². The standard InChI is InChI=1S/C56H98O6/c1-4-7-10-13-16-18-20-21-22-23-24-25-26-27-28-29-30-31-32-33-34-35-37-38-40-43-46-49-55(58)61-52-53(51-60-54(57)48-45-42-15-12-9-6-3)62-56(59)50-47-44-41-39-36-19-17-14-11-8-5-2/h7,10,16,18,21-22,24-25,27-28,53H,4-6,8-9,11-15,17,19-20,23,26,29-52H2,1-3H3/b10-7-,18-16-,22-21-,25-24-,28-27-. The van der Waals surface area contributed by atoms with Crippen molar-refractivity contribution in [2.24, 2.45) is 0 Å². The van der Waals surface area contributed by atoms with E-state index in [9.17, 15) is 14.4 Å². The Morgan fingerprint density at radius 3 is 0.984 bits per heavy atom. The number of ether oxygens (including phenoxy) is 3. The maximum atomic E-state index is 12.7. The molecule has 0 rings (SSSR count). The Morgan fingerprint density at radius 1 is 0.339 bits per heavy atom. The lowest BCUT2D eigenvalue weighted by atomic mass is 10.0. The van der Waals surface area contributed by atoms with Crippen molar-refractivity contribution in [2.75, 3.05) is 13.2 Å². The van der Waals surface area contributed by atoms with Gasteiger partial charge in [0, 0.05) is 19.3 Å². The maximum absolute atomic E-state index is 12.7. The largest absolute Gasteiger partial charge is 0.462 e. The highest BCUT2D eigenvalue weighted by Gasteiger charge is 2.19. The van der Waals surface area contributed by atoms with Gasteiger partial charge in [-0.05, 0) is 64.2 Å². The van der Waals surface area contributed by atoms with Crippen LogP contribution in [0.4, 0.5) is 0 Å². The van der Waals surface area contributed by atoms with E-state index in [1.807, 2.05) is 0 Å². The van der Waals surface area contributed by atoms with E-state index in [2.05, 4.69) is 81.5 Å². The van der Waals surface area contributed by atoms with Gasteiger partial charge in [-0.3, -0.25) is 14.4 Å².